The van der Waals surface area contributed by atoms with E-state index in [2.05, 4.69) is 21.0 Å². The number of hydrogen-bond acceptors (Lipinski definition) is 4. The molecule has 0 bridgehead atoms. The lowest BCUT2D eigenvalue weighted by Gasteiger charge is -2.14. The number of rotatable bonds is 8. The second kappa shape index (κ2) is 10.5. The van der Waals surface area contributed by atoms with Crippen LogP contribution in [0.15, 0.2) is 42.7 Å². The van der Waals surface area contributed by atoms with E-state index in [9.17, 15) is 9.59 Å². The molecule has 2 aromatic rings. The van der Waals surface area contributed by atoms with Crippen LogP contribution in [0.1, 0.15) is 23.6 Å². The molecular weight excluding hydrogens is 342 g/mol. The Morgan fingerprint density at radius 2 is 1.92 bits per heavy atom. The number of amides is 2. The van der Waals surface area contributed by atoms with Crippen molar-refractivity contribution in [1.82, 2.24) is 25.7 Å². The summed E-state index contributed by atoms with van der Waals surface area (Å²) in [6.07, 6.45) is 3.67. The van der Waals surface area contributed by atoms with Crippen LogP contribution >= 0.6 is 12.4 Å². The van der Waals surface area contributed by atoms with Gasteiger partial charge >= 0.3 is 0 Å². The SMILES string of the molecule is CNC(C(=O)NCCC(=O)NCc1ccccc1)c1cnn(C)c1.Cl. The summed E-state index contributed by atoms with van der Waals surface area (Å²) in [5.41, 5.74) is 1.83. The topological polar surface area (TPSA) is 88.1 Å². The molecule has 7 nitrogen and oxygen atoms in total. The minimum absolute atomic E-state index is 0. The third-order valence-electron chi connectivity index (χ3n) is 3.59. The zero-order chi connectivity index (χ0) is 17.4. The van der Waals surface area contributed by atoms with Gasteiger partial charge in [0, 0.05) is 38.3 Å². The highest BCUT2D eigenvalue weighted by Crippen LogP contribution is 2.10. The van der Waals surface area contributed by atoms with Gasteiger partial charge in [0.25, 0.3) is 0 Å². The highest BCUT2D eigenvalue weighted by molar-refractivity contribution is 5.85. The van der Waals surface area contributed by atoms with Crippen LogP contribution in [0.2, 0.25) is 0 Å². The molecule has 0 aliphatic rings. The molecule has 1 heterocycles. The van der Waals surface area contributed by atoms with Crippen molar-refractivity contribution < 1.29 is 9.59 Å². The van der Waals surface area contributed by atoms with Gasteiger partial charge in [-0.3, -0.25) is 14.3 Å². The highest BCUT2D eigenvalue weighted by atomic mass is 35.5. The van der Waals surface area contributed by atoms with E-state index in [4.69, 9.17) is 0 Å². The maximum absolute atomic E-state index is 12.2. The molecule has 136 valence electrons. The number of likely N-dealkylation sites (N-methyl/N-ethyl adjacent to an activating group) is 1. The average molecular weight is 366 g/mol. The van der Waals surface area contributed by atoms with E-state index in [-0.39, 0.29) is 37.2 Å². The first kappa shape index (κ1) is 20.7. The van der Waals surface area contributed by atoms with Crippen LogP contribution in [-0.2, 0) is 23.2 Å². The van der Waals surface area contributed by atoms with Gasteiger partial charge in [-0.1, -0.05) is 30.3 Å². The third kappa shape index (κ3) is 6.56. The molecule has 0 radical (unpaired) electrons. The normalized spacial score (nSPS) is 11.3. The van der Waals surface area contributed by atoms with E-state index in [0.717, 1.165) is 11.1 Å². The van der Waals surface area contributed by atoms with Gasteiger partial charge in [0.05, 0.1) is 6.20 Å². The Morgan fingerprint density at radius 1 is 1.20 bits per heavy atom. The molecule has 0 aliphatic carbocycles. The molecule has 1 aromatic heterocycles. The number of nitrogens with zero attached hydrogens (tertiary/aromatic N) is 2. The number of nitrogens with one attached hydrogen (secondary N) is 3. The van der Waals surface area contributed by atoms with Crippen molar-refractivity contribution in [3.63, 3.8) is 0 Å². The fraction of sp³-hybridized carbons (Fsp3) is 0.353. The van der Waals surface area contributed by atoms with Crippen molar-refractivity contribution in [2.24, 2.45) is 7.05 Å². The lowest BCUT2D eigenvalue weighted by Crippen LogP contribution is -2.37. The molecule has 0 saturated carbocycles. The minimum atomic E-state index is -0.480. The number of carbonyl (C=O) groups excluding carboxylic acids is 2. The number of halogens is 1. The second-order valence-corrected chi connectivity index (χ2v) is 5.47. The van der Waals surface area contributed by atoms with Gasteiger partial charge in [0.15, 0.2) is 0 Å². The number of benzene rings is 1. The molecule has 2 rings (SSSR count). The predicted molar refractivity (Wildman–Crippen MR) is 98.2 cm³/mol. The Balaban J connectivity index is 0.00000312. The Bertz CT molecular complexity index is 675. The van der Waals surface area contributed by atoms with E-state index in [0.29, 0.717) is 6.54 Å². The lowest BCUT2D eigenvalue weighted by molar-refractivity contribution is -0.123. The number of hydrogen-bond donors (Lipinski definition) is 3. The maximum atomic E-state index is 12.2. The molecule has 0 fully saturated rings. The van der Waals surface area contributed by atoms with Gasteiger partial charge in [-0.05, 0) is 12.6 Å². The third-order valence-corrected chi connectivity index (χ3v) is 3.59. The van der Waals surface area contributed by atoms with Crippen LogP contribution in [0.5, 0.6) is 0 Å². The number of carbonyl (C=O) groups is 2. The fourth-order valence-corrected chi connectivity index (χ4v) is 2.32. The highest BCUT2D eigenvalue weighted by Gasteiger charge is 2.19. The van der Waals surface area contributed by atoms with Gasteiger partial charge in [-0.15, -0.1) is 12.4 Å². The Labute approximate surface area is 153 Å². The van der Waals surface area contributed by atoms with Gasteiger partial charge in [-0.25, -0.2) is 0 Å². The molecule has 25 heavy (non-hydrogen) atoms. The van der Waals surface area contributed by atoms with Gasteiger partial charge < -0.3 is 16.0 Å². The standard InChI is InChI=1S/C17H23N5O2.ClH/c1-18-16(14-11-21-22(2)12-14)17(24)19-9-8-15(23)20-10-13-6-4-3-5-7-13;/h3-7,11-12,16,18H,8-10H2,1-2H3,(H,19,24)(H,20,23);1H. The molecule has 2 amide bonds. The molecular formula is C17H24ClN5O2. The first-order chi connectivity index (χ1) is 11.6. The molecule has 0 aliphatic heterocycles. The van der Waals surface area contributed by atoms with Gasteiger partial charge in [0.1, 0.15) is 6.04 Å². The van der Waals surface area contributed by atoms with Crippen LogP contribution in [0, 0.1) is 0 Å². The molecule has 0 spiro atoms. The average Bonchev–Trinajstić information content (AvgIpc) is 3.01. The molecule has 1 unspecified atom stereocenters. The Hall–Kier alpha value is -2.38. The predicted octanol–water partition coefficient (Wildman–Crippen LogP) is 0.925. The fourth-order valence-electron chi connectivity index (χ4n) is 2.32. The smallest absolute Gasteiger partial charge is 0.241 e. The zero-order valence-corrected chi connectivity index (χ0v) is 15.2. The summed E-state index contributed by atoms with van der Waals surface area (Å²) in [5, 5.41) is 12.6. The number of aromatic nitrogens is 2. The van der Waals surface area contributed by atoms with E-state index < -0.39 is 6.04 Å². The lowest BCUT2D eigenvalue weighted by atomic mass is 10.1. The summed E-state index contributed by atoms with van der Waals surface area (Å²) in [6.45, 7) is 0.778. The van der Waals surface area contributed by atoms with E-state index >= 15 is 0 Å². The first-order valence-electron chi connectivity index (χ1n) is 7.84. The quantitative estimate of drug-likeness (QED) is 0.649. The molecule has 1 atom stereocenters. The van der Waals surface area contributed by atoms with Crippen LogP contribution in [0.3, 0.4) is 0 Å². The van der Waals surface area contributed by atoms with Crippen LogP contribution in [0.4, 0.5) is 0 Å². The minimum Gasteiger partial charge on any atom is -0.354 e. The van der Waals surface area contributed by atoms with Crippen molar-refractivity contribution in [2.45, 2.75) is 19.0 Å². The van der Waals surface area contributed by atoms with Crippen LogP contribution < -0.4 is 16.0 Å². The zero-order valence-electron chi connectivity index (χ0n) is 14.4. The van der Waals surface area contributed by atoms with Crippen molar-refractivity contribution in [3.05, 3.63) is 53.9 Å². The van der Waals surface area contributed by atoms with Crippen molar-refractivity contribution in [3.8, 4) is 0 Å². The van der Waals surface area contributed by atoms with Crippen molar-refractivity contribution >= 4 is 24.2 Å². The van der Waals surface area contributed by atoms with Crippen molar-refractivity contribution in [2.75, 3.05) is 13.6 Å². The van der Waals surface area contributed by atoms with E-state index in [1.165, 1.54) is 0 Å². The summed E-state index contributed by atoms with van der Waals surface area (Å²) in [4.78, 5) is 24.0. The van der Waals surface area contributed by atoms with Crippen LogP contribution in [0.25, 0.3) is 0 Å². The Morgan fingerprint density at radius 3 is 2.52 bits per heavy atom. The molecule has 8 heteroatoms. The number of aryl methyl sites for hydroxylation is 1. The van der Waals surface area contributed by atoms with E-state index in [1.54, 1.807) is 31.2 Å². The van der Waals surface area contributed by atoms with Gasteiger partial charge in [0.2, 0.25) is 11.8 Å². The Kier molecular flexibility index (Phi) is 8.66. The molecule has 0 saturated heterocycles. The van der Waals surface area contributed by atoms with E-state index in [1.807, 2.05) is 30.3 Å². The monoisotopic (exact) mass is 365 g/mol. The summed E-state index contributed by atoms with van der Waals surface area (Å²) in [6, 6.07) is 9.21. The van der Waals surface area contributed by atoms with Crippen molar-refractivity contribution in [1.29, 1.82) is 0 Å². The van der Waals surface area contributed by atoms with Crippen LogP contribution in [-0.4, -0.2) is 35.2 Å². The maximum Gasteiger partial charge on any atom is 0.241 e. The molecule has 1 aromatic carbocycles. The summed E-state index contributed by atoms with van der Waals surface area (Å²) >= 11 is 0. The second-order valence-electron chi connectivity index (χ2n) is 5.47. The molecule has 3 N–H and O–H groups in total. The summed E-state index contributed by atoms with van der Waals surface area (Å²) < 4.78 is 1.64. The first-order valence-corrected chi connectivity index (χ1v) is 7.84. The van der Waals surface area contributed by atoms with Gasteiger partial charge in [-0.2, -0.15) is 5.10 Å². The largest absolute Gasteiger partial charge is 0.354 e. The summed E-state index contributed by atoms with van der Waals surface area (Å²) in [5.74, 6) is -0.275. The summed E-state index contributed by atoms with van der Waals surface area (Å²) in [7, 11) is 3.51.